The van der Waals surface area contributed by atoms with Crippen molar-refractivity contribution < 1.29 is 24.2 Å². The van der Waals surface area contributed by atoms with Crippen LogP contribution in [0.3, 0.4) is 0 Å². The molecule has 1 aromatic carbocycles. The second-order valence-electron chi connectivity index (χ2n) is 5.91. The van der Waals surface area contributed by atoms with Crippen LogP contribution in [0.15, 0.2) is 24.3 Å². The molecular formula is C17H21N2O5-. The molecule has 2 amide bonds. The van der Waals surface area contributed by atoms with Crippen LogP contribution in [0.25, 0.3) is 0 Å². The average molecular weight is 333 g/mol. The first kappa shape index (κ1) is 17.8. The van der Waals surface area contributed by atoms with Gasteiger partial charge in [-0.25, -0.2) is 0 Å². The van der Waals surface area contributed by atoms with Crippen molar-refractivity contribution in [1.82, 2.24) is 10.9 Å². The number of ether oxygens (including phenoxy) is 1. The van der Waals surface area contributed by atoms with Gasteiger partial charge in [0.25, 0.3) is 5.91 Å². The summed E-state index contributed by atoms with van der Waals surface area (Å²) < 4.78 is 5.37. The Morgan fingerprint density at radius 2 is 1.79 bits per heavy atom. The lowest BCUT2D eigenvalue weighted by atomic mass is 9.79. The van der Waals surface area contributed by atoms with Crippen molar-refractivity contribution in [2.45, 2.75) is 32.6 Å². The van der Waals surface area contributed by atoms with Crippen LogP contribution in [0.5, 0.6) is 5.75 Å². The van der Waals surface area contributed by atoms with Crippen LogP contribution in [-0.4, -0.2) is 24.4 Å². The van der Waals surface area contributed by atoms with Gasteiger partial charge in [0, 0.05) is 17.8 Å². The molecule has 2 N–H and O–H groups in total. The van der Waals surface area contributed by atoms with Crippen LogP contribution in [-0.2, 0) is 14.4 Å². The van der Waals surface area contributed by atoms with Gasteiger partial charge in [0.2, 0.25) is 5.91 Å². The number of aryl methyl sites for hydroxylation is 1. The predicted octanol–water partition coefficient (Wildman–Crippen LogP) is 0.0775. The third kappa shape index (κ3) is 4.71. The minimum Gasteiger partial charge on any atom is -0.550 e. The molecule has 0 bridgehead atoms. The highest BCUT2D eigenvalue weighted by Gasteiger charge is 2.31. The number of para-hydroxylation sites is 1. The van der Waals surface area contributed by atoms with Gasteiger partial charge >= 0.3 is 0 Å². The van der Waals surface area contributed by atoms with Crippen LogP contribution >= 0.6 is 0 Å². The first-order valence-electron chi connectivity index (χ1n) is 7.97. The number of amides is 2. The lowest BCUT2D eigenvalue weighted by Gasteiger charge is -2.31. The lowest BCUT2D eigenvalue weighted by molar-refractivity contribution is -0.314. The Morgan fingerprint density at radius 1 is 1.12 bits per heavy atom. The quantitative estimate of drug-likeness (QED) is 0.742. The molecule has 7 nitrogen and oxygen atoms in total. The molecule has 2 rings (SSSR count). The number of carbonyl (C=O) groups is 3. The topological polar surface area (TPSA) is 108 Å². The van der Waals surface area contributed by atoms with E-state index in [0.717, 1.165) is 18.4 Å². The molecule has 0 heterocycles. The van der Waals surface area contributed by atoms with E-state index < -0.39 is 29.6 Å². The highest BCUT2D eigenvalue weighted by molar-refractivity contribution is 5.87. The zero-order valence-electron chi connectivity index (χ0n) is 13.5. The Labute approximate surface area is 140 Å². The largest absolute Gasteiger partial charge is 0.550 e. The van der Waals surface area contributed by atoms with Crippen molar-refractivity contribution in [3.8, 4) is 5.75 Å². The van der Waals surface area contributed by atoms with Crippen molar-refractivity contribution in [2.24, 2.45) is 11.8 Å². The summed E-state index contributed by atoms with van der Waals surface area (Å²) in [7, 11) is 0. The Balaban J connectivity index is 1.79. The zero-order valence-corrected chi connectivity index (χ0v) is 13.5. The summed E-state index contributed by atoms with van der Waals surface area (Å²) in [6.07, 6.45) is 2.44. The fraction of sp³-hybridized carbons (Fsp3) is 0.471. The molecule has 0 saturated heterocycles. The van der Waals surface area contributed by atoms with E-state index in [9.17, 15) is 19.5 Å². The monoisotopic (exact) mass is 333 g/mol. The molecule has 0 radical (unpaired) electrons. The Morgan fingerprint density at radius 3 is 2.46 bits per heavy atom. The van der Waals surface area contributed by atoms with E-state index in [4.69, 9.17) is 4.74 Å². The standard InChI is InChI=1S/C17H22N2O5/c1-11-6-2-5-9-14(11)24-10-15(20)18-19-16(21)12-7-3-4-8-13(12)17(22)23/h2,5-6,9,12-13H,3-4,7-8,10H2,1H3,(H,18,20)(H,19,21)(H,22,23)/p-1/t12-,13+/m0/s1. The normalized spacial score (nSPS) is 20.0. The second-order valence-corrected chi connectivity index (χ2v) is 5.91. The molecule has 130 valence electrons. The molecule has 1 aliphatic carbocycles. The van der Waals surface area contributed by atoms with E-state index in [1.54, 1.807) is 12.1 Å². The second kappa shape index (κ2) is 8.33. The number of aliphatic carboxylic acids is 1. The van der Waals surface area contributed by atoms with Crippen LogP contribution in [0.1, 0.15) is 31.2 Å². The predicted molar refractivity (Wildman–Crippen MR) is 83.4 cm³/mol. The molecule has 24 heavy (non-hydrogen) atoms. The maximum absolute atomic E-state index is 12.1. The first-order chi connectivity index (χ1) is 11.5. The van der Waals surface area contributed by atoms with Crippen molar-refractivity contribution >= 4 is 17.8 Å². The number of nitrogens with one attached hydrogen (secondary N) is 2. The van der Waals surface area contributed by atoms with E-state index in [2.05, 4.69) is 10.9 Å². The van der Waals surface area contributed by atoms with Crippen molar-refractivity contribution in [3.05, 3.63) is 29.8 Å². The van der Waals surface area contributed by atoms with Gasteiger partial charge in [-0.1, -0.05) is 31.0 Å². The van der Waals surface area contributed by atoms with Gasteiger partial charge in [0.1, 0.15) is 5.75 Å². The molecule has 7 heteroatoms. The number of carboxylic acid groups (broad SMARTS) is 1. The van der Waals surface area contributed by atoms with Gasteiger partial charge in [-0.2, -0.15) is 0 Å². The van der Waals surface area contributed by atoms with E-state index in [0.29, 0.717) is 18.6 Å². The van der Waals surface area contributed by atoms with E-state index >= 15 is 0 Å². The molecule has 0 aliphatic heterocycles. The number of benzene rings is 1. The molecule has 0 unspecified atom stereocenters. The van der Waals surface area contributed by atoms with Crippen LogP contribution < -0.4 is 20.7 Å². The molecule has 1 fully saturated rings. The molecule has 1 aliphatic rings. The van der Waals surface area contributed by atoms with Crippen molar-refractivity contribution in [3.63, 3.8) is 0 Å². The average Bonchev–Trinajstić information content (AvgIpc) is 2.59. The minimum atomic E-state index is -1.22. The van der Waals surface area contributed by atoms with Gasteiger partial charge in [-0.15, -0.1) is 0 Å². The third-order valence-corrected chi connectivity index (χ3v) is 4.18. The number of hydrogen-bond donors (Lipinski definition) is 2. The minimum absolute atomic E-state index is 0.250. The third-order valence-electron chi connectivity index (χ3n) is 4.18. The van der Waals surface area contributed by atoms with Gasteiger partial charge in [0.15, 0.2) is 6.61 Å². The number of rotatable bonds is 5. The summed E-state index contributed by atoms with van der Waals surface area (Å²) in [4.78, 5) is 34.9. The Hall–Kier alpha value is -2.57. The van der Waals surface area contributed by atoms with Gasteiger partial charge in [-0.05, 0) is 31.4 Å². The molecular weight excluding hydrogens is 312 g/mol. The highest BCUT2D eigenvalue weighted by atomic mass is 16.5. The summed E-state index contributed by atoms with van der Waals surface area (Å²) >= 11 is 0. The van der Waals surface area contributed by atoms with E-state index in [-0.39, 0.29) is 6.61 Å². The van der Waals surface area contributed by atoms with Gasteiger partial charge < -0.3 is 14.6 Å². The molecule has 2 atom stereocenters. The van der Waals surface area contributed by atoms with Crippen molar-refractivity contribution in [1.29, 1.82) is 0 Å². The van der Waals surface area contributed by atoms with E-state index in [1.807, 2.05) is 19.1 Å². The summed E-state index contributed by atoms with van der Waals surface area (Å²) in [6, 6.07) is 7.26. The van der Waals surface area contributed by atoms with Crippen LogP contribution in [0, 0.1) is 18.8 Å². The SMILES string of the molecule is Cc1ccccc1OCC(=O)NNC(=O)[C@H]1CCCC[C@H]1C(=O)[O-]. The Bertz CT molecular complexity index is 617. The fourth-order valence-corrected chi connectivity index (χ4v) is 2.85. The summed E-state index contributed by atoms with van der Waals surface area (Å²) in [5.41, 5.74) is 5.43. The fourth-order valence-electron chi connectivity index (χ4n) is 2.85. The first-order valence-corrected chi connectivity index (χ1v) is 7.97. The molecule has 1 aromatic rings. The summed E-state index contributed by atoms with van der Waals surface area (Å²) in [5, 5.41) is 11.1. The van der Waals surface area contributed by atoms with Crippen LogP contribution in [0.2, 0.25) is 0 Å². The number of hydrogen-bond acceptors (Lipinski definition) is 5. The smallest absolute Gasteiger partial charge is 0.276 e. The van der Waals surface area contributed by atoms with Gasteiger partial charge in [-0.3, -0.25) is 20.4 Å². The molecule has 0 spiro atoms. The summed E-state index contributed by atoms with van der Waals surface area (Å²) in [6.45, 7) is 1.61. The molecule has 1 saturated carbocycles. The van der Waals surface area contributed by atoms with E-state index in [1.165, 1.54) is 0 Å². The number of hydrazine groups is 1. The van der Waals surface area contributed by atoms with Crippen LogP contribution in [0.4, 0.5) is 0 Å². The van der Waals surface area contributed by atoms with Gasteiger partial charge in [0.05, 0.1) is 0 Å². The maximum atomic E-state index is 12.1. The summed E-state index contributed by atoms with van der Waals surface area (Å²) in [5.74, 6) is -3.15. The molecule has 0 aromatic heterocycles. The highest BCUT2D eigenvalue weighted by Crippen LogP contribution is 2.29. The number of carboxylic acids is 1. The zero-order chi connectivity index (χ0) is 17.5. The number of carbonyl (C=O) groups excluding carboxylic acids is 3. The maximum Gasteiger partial charge on any atom is 0.276 e. The lowest BCUT2D eigenvalue weighted by Crippen LogP contribution is -2.50. The van der Waals surface area contributed by atoms with Crippen molar-refractivity contribution in [2.75, 3.05) is 6.61 Å². The Kier molecular flexibility index (Phi) is 6.17.